The molecule has 1 aliphatic carbocycles. The molecule has 0 spiro atoms. The zero-order valence-electron chi connectivity index (χ0n) is 15.3. The predicted octanol–water partition coefficient (Wildman–Crippen LogP) is 2.18. The lowest BCUT2D eigenvalue weighted by atomic mass is 9.96. The van der Waals surface area contributed by atoms with Crippen LogP contribution in [0.1, 0.15) is 37.9 Å². The van der Waals surface area contributed by atoms with E-state index in [0.717, 1.165) is 23.6 Å². The Balaban J connectivity index is 1.68. The molecule has 4 N–H and O–H groups in total. The number of aliphatic hydroxyl groups is 1. The first-order chi connectivity index (χ1) is 12.8. The van der Waals surface area contributed by atoms with E-state index in [1.54, 1.807) is 6.20 Å². The zero-order chi connectivity index (χ0) is 18.2. The van der Waals surface area contributed by atoms with Crippen molar-refractivity contribution in [1.82, 2.24) is 20.4 Å². The monoisotopic (exact) mass is 360 g/mol. The van der Waals surface area contributed by atoms with E-state index in [2.05, 4.69) is 31.1 Å². The molecule has 1 saturated carbocycles. The number of nitrogens with one attached hydrogen (secondary N) is 3. The number of nitrogens with zero attached hydrogens (tertiary/aromatic N) is 3. The SMILES string of the molecule is Cc1onc(NCCNCCO)c1-c1ccnc(NC2CCCCC2)n1. The molecule has 1 fully saturated rings. The summed E-state index contributed by atoms with van der Waals surface area (Å²) in [6, 6.07) is 2.33. The van der Waals surface area contributed by atoms with E-state index in [0.29, 0.717) is 30.9 Å². The molecule has 8 nitrogen and oxygen atoms in total. The van der Waals surface area contributed by atoms with Crippen LogP contribution in [-0.4, -0.2) is 52.5 Å². The standard InChI is InChI=1S/C18H28N6O2/c1-13-16(17(24-26-13)20-10-9-19-11-12-25)15-7-8-21-18(23-15)22-14-5-3-2-4-6-14/h7-8,14,19,25H,2-6,9-12H2,1H3,(H,20,24)(H,21,22,23). The number of aromatic nitrogens is 3. The largest absolute Gasteiger partial charge is 0.395 e. The van der Waals surface area contributed by atoms with Crippen molar-refractivity contribution in [2.24, 2.45) is 0 Å². The maximum Gasteiger partial charge on any atom is 0.223 e. The van der Waals surface area contributed by atoms with E-state index in [-0.39, 0.29) is 6.61 Å². The lowest BCUT2D eigenvalue weighted by Gasteiger charge is -2.22. The van der Waals surface area contributed by atoms with Crippen molar-refractivity contribution in [2.45, 2.75) is 45.1 Å². The van der Waals surface area contributed by atoms with Crippen molar-refractivity contribution in [1.29, 1.82) is 0 Å². The van der Waals surface area contributed by atoms with Gasteiger partial charge in [-0.2, -0.15) is 0 Å². The number of aryl methyl sites for hydroxylation is 1. The van der Waals surface area contributed by atoms with Crippen molar-refractivity contribution in [3.63, 3.8) is 0 Å². The molecule has 26 heavy (non-hydrogen) atoms. The second kappa shape index (κ2) is 9.49. The van der Waals surface area contributed by atoms with Gasteiger partial charge in [-0.1, -0.05) is 24.4 Å². The van der Waals surface area contributed by atoms with Crippen LogP contribution in [-0.2, 0) is 0 Å². The summed E-state index contributed by atoms with van der Waals surface area (Å²) in [5, 5.41) is 22.7. The summed E-state index contributed by atoms with van der Waals surface area (Å²) >= 11 is 0. The van der Waals surface area contributed by atoms with Crippen LogP contribution >= 0.6 is 0 Å². The van der Waals surface area contributed by atoms with Gasteiger partial charge in [-0.3, -0.25) is 0 Å². The van der Waals surface area contributed by atoms with Crippen LogP contribution in [0.2, 0.25) is 0 Å². The molecule has 0 amide bonds. The summed E-state index contributed by atoms with van der Waals surface area (Å²) in [7, 11) is 0. The van der Waals surface area contributed by atoms with Gasteiger partial charge in [0.2, 0.25) is 5.95 Å². The third-order valence-corrected chi connectivity index (χ3v) is 4.60. The molecule has 0 unspecified atom stereocenters. The van der Waals surface area contributed by atoms with Gasteiger partial charge >= 0.3 is 0 Å². The van der Waals surface area contributed by atoms with Gasteiger partial charge < -0.3 is 25.6 Å². The zero-order valence-corrected chi connectivity index (χ0v) is 15.3. The van der Waals surface area contributed by atoms with Gasteiger partial charge in [0.15, 0.2) is 5.82 Å². The van der Waals surface area contributed by atoms with Crippen molar-refractivity contribution >= 4 is 11.8 Å². The van der Waals surface area contributed by atoms with Crippen molar-refractivity contribution in [2.75, 3.05) is 36.9 Å². The minimum absolute atomic E-state index is 0.131. The smallest absolute Gasteiger partial charge is 0.223 e. The molecule has 2 heterocycles. The van der Waals surface area contributed by atoms with E-state index in [1.807, 2.05) is 13.0 Å². The fourth-order valence-electron chi connectivity index (χ4n) is 3.26. The average Bonchev–Trinajstić information content (AvgIpc) is 3.03. The van der Waals surface area contributed by atoms with E-state index >= 15 is 0 Å². The van der Waals surface area contributed by atoms with Gasteiger partial charge in [0.05, 0.1) is 17.9 Å². The molecule has 2 aromatic heterocycles. The van der Waals surface area contributed by atoms with Gasteiger partial charge in [0.1, 0.15) is 5.76 Å². The van der Waals surface area contributed by atoms with E-state index < -0.39 is 0 Å². The van der Waals surface area contributed by atoms with Gasteiger partial charge in [-0.05, 0) is 25.8 Å². The van der Waals surface area contributed by atoms with Gasteiger partial charge in [0, 0.05) is 31.9 Å². The molecule has 2 aromatic rings. The maximum absolute atomic E-state index is 8.79. The summed E-state index contributed by atoms with van der Waals surface area (Å²) in [6.45, 7) is 4.00. The third kappa shape index (κ3) is 4.92. The van der Waals surface area contributed by atoms with Gasteiger partial charge in [0.25, 0.3) is 0 Å². The molecule has 0 saturated heterocycles. The van der Waals surface area contributed by atoms with Crippen LogP contribution in [0.5, 0.6) is 0 Å². The maximum atomic E-state index is 8.79. The van der Waals surface area contributed by atoms with Crippen LogP contribution in [0.15, 0.2) is 16.8 Å². The second-order valence-electron chi connectivity index (χ2n) is 6.61. The number of hydrogen-bond donors (Lipinski definition) is 4. The summed E-state index contributed by atoms with van der Waals surface area (Å²) in [4.78, 5) is 9.05. The Hall–Kier alpha value is -2.19. The first kappa shape index (κ1) is 18.6. The van der Waals surface area contributed by atoms with Crippen LogP contribution in [0, 0.1) is 6.92 Å². The lowest BCUT2D eigenvalue weighted by Crippen LogP contribution is -2.25. The Morgan fingerprint density at radius 1 is 1.19 bits per heavy atom. The molecule has 1 aliphatic rings. The minimum atomic E-state index is 0.131. The number of anilines is 2. The minimum Gasteiger partial charge on any atom is -0.395 e. The fraction of sp³-hybridized carbons (Fsp3) is 0.611. The lowest BCUT2D eigenvalue weighted by molar-refractivity contribution is 0.293. The van der Waals surface area contributed by atoms with Crippen LogP contribution in [0.4, 0.5) is 11.8 Å². The molecule has 0 aromatic carbocycles. The average molecular weight is 360 g/mol. The molecular formula is C18H28N6O2. The van der Waals surface area contributed by atoms with E-state index in [4.69, 9.17) is 9.63 Å². The molecule has 0 bridgehead atoms. The van der Waals surface area contributed by atoms with E-state index in [1.165, 1.54) is 32.1 Å². The molecular weight excluding hydrogens is 332 g/mol. The van der Waals surface area contributed by atoms with Crippen LogP contribution < -0.4 is 16.0 Å². The highest BCUT2D eigenvalue weighted by molar-refractivity contribution is 5.74. The quantitative estimate of drug-likeness (QED) is 0.504. The third-order valence-electron chi connectivity index (χ3n) is 4.60. The highest BCUT2D eigenvalue weighted by atomic mass is 16.5. The molecule has 8 heteroatoms. The Morgan fingerprint density at radius 3 is 2.85 bits per heavy atom. The summed E-state index contributed by atoms with van der Waals surface area (Å²) < 4.78 is 5.36. The summed E-state index contributed by atoms with van der Waals surface area (Å²) in [5.41, 5.74) is 1.66. The molecule has 3 rings (SSSR count). The molecule has 0 atom stereocenters. The topological polar surface area (TPSA) is 108 Å². The first-order valence-corrected chi connectivity index (χ1v) is 9.39. The van der Waals surface area contributed by atoms with Gasteiger partial charge in [-0.15, -0.1) is 0 Å². The van der Waals surface area contributed by atoms with E-state index in [9.17, 15) is 0 Å². The van der Waals surface area contributed by atoms with Crippen LogP contribution in [0.3, 0.4) is 0 Å². The number of hydrogen-bond acceptors (Lipinski definition) is 8. The van der Waals surface area contributed by atoms with Gasteiger partial charge in [-0.25, -0.2) is 9.97 Å². The Morgan fingerprint density at radius 2 is 2.04 bits per heavy atom. The predicted molar refractivity (Wildman–Crippen MR) is 101 cm³/mol. The summed E-state index contributed by atoms with van der Waals surface area (Å²) in [6.07, 6.45) is 7.97. The van der Waals surface area contributed by atoms with Crippen molar-refractivity contribution in [3.8, 4) is 11.3 Å². The van der Waals surface area contributed by atoms with Crippen molar-refractivity contribution in [3.05, 3.63) is 18.0 Å². The van der Waals surface area contributed by atoms with Crippen molar-refractivity contribution < 1.29 is 9.63 Å². The summed E-state index contributed by atoms with van der Waals surface area (Å²) in [5.74, 6) is 2.05. The second-order valence-corrected chi connectivity index (χ2v) is 6.61. The highest BCUT2D eigenvalue weighted by Gasteiger charge is 2.18. The normalized spacial score (nSPS) is 15.2. The molecule has 0 aliphatic heterocycles. The number of aliphatic hydroxyl groups excluding tert-OH is 1. The fourth-order valence-corrected chi connectivity index (χ4v) is 3.26. The Kier molecular flexibility index (Phi) is 6.79. The number of rotatable bonds is 9. The van der Waals surface area contributed by atoms with Crippen LogP contribution in [0.25, 0.3) is 11.3 Å². The molecule has 0 radical (unpaired) electrons. The first-order valence-electron chi connectivity index (χ1n) is 9.39. The Bertz CT molecular complexity index is 684. The highest BCUT2D eigenvalue weighted by Crippen LogP contribution is 2.30. The Labute approximate surface area is 153 Å². The molecule has 142 valence electrons.